The van der Waals surface area contributed by atoms with E-state index in [0.29, 0.717) is 4.88 Å². The minimum atomic E-state index is -0.661. The van der Waals surface area contributed by atoms with Crippen molar-refractivity contribution in [2.75, 3.05) is 0 Å². The molecular formula is C13H6ClF2NS. The number of benzene rings is 1. The second-order valence-electron chi connectivity index (χ2n) is 3.40. The molecule has 1 nitrogen and oxygen atoms in total. The second kappa shape index (κ2) is 5.30. The molecule has 2 aromatic rings. The van der Waals surface area contributed by atoms with E-state index in [-0.39, 0.29) is 16.2 Å². The molecule has 18 heavy (non-hydrogen) atoms. The Labute approximate surface area is 112 Å². The Bertz CT molecular complexity index is 642. The Morgan fingerprint density at radius 2 is 2.06 bits per heavy atom. The highest BCUT2D eigenvalue weighted by molar-refractivity contribution is 7.11. The largest absolute Gasteiger partial charge is 0.207 e. The first-order valence-electron chi connectivity index (χ1n) is 4.92. The zero-order chi connectivity index (χ0) is 13.1. The summed E-state index contributed by atoms with van der Waals surface area (Å²) in [4.78, 5) is 0.617. The van der Waals surface area contributed by atoms with E-state index >= 15 is 0 Å². The fourth-order valence-electron chi connectivity index (χ4n) is 1.43. The van der Waals surface area contributed by atoms with Gasteiger partial charge in [-0.25, -0.2) is 8.78 Å². The van der Waals surface area contributed by atoms with Crippen molar-refractivity contribution in [3.63, 3.8) is 0 Å². The number of rotatable bonds is 2. The van der Waals surface area contributed by atoms with Crippen molar-refractivity contribution >= 4 is 33.5 Å². The predicted molar refractivity (Wildman–Crippen MR) is 69.0 cm³/mol. The average molecular weight is 282 g/mol. The summed E-state index contributed by atoms with van der Waals surface area (Å²) in [6.07, 6.45) is 0. The van der Waals surface area contributed by atoms with Gasteiger partial charge >= 0.3 is 0 Å². The topological polar surface area (TPSA) is 23.8 Å². The van der Waals surface area contributed by atoms with Crippen LogP contribution in [0, 0.1) is 23.0 Å². The molecule has 1 aromatic heterocycles. The molecule has 0 radical (unpaired) electrons. The second-order valence-corrected chi connectivity index (χ2v) is 4.73. The Hall–Kier alpha value is -1.70. The third-order valence-corrected chi connectivity index (χ3v) is 3.54. The van der Waals surface area contributed by atoms with E-state index in [2.05, 4.69) is 0 Å². The van der Waals surface area contributed by atoms with Crippen LogP contribution in [0.4, 0.5) is 8.78 Å². The molecule has 0 unspecified atom stereocenters. The van der Waals surface area contributed by atoms with Gasteiger partial charge < -0.3 is 0 Å². The fourth-order valence-corrected chi connectivity index (χ4v) is 2.50. The van der Waals surface area contributed by atoms with Crippen LogP contribution in [0.15, 0.2) is 35.7 Å². The SMILES string of the molecule is N#CC(=C(Cl)c1cc(F)ccc1F)c1cccs1. The Morgan fingerprint density at radius 1 is 1.28 bits per heavy atom. The summed E-state index contributed by atoms with van der Waals surface area (Å²) >= 11 is 7.31. The normalized spacial score (nSPS) is 11.9. The van der Waals surface area contributed by atoms with Crippen molar-refractivity contribution in [2.45, 2.75) is 0 Å². The minimum absolute atomic E-state index is 0.0862. The quantitative estimate of drug-likeness (QED) is 0.735. The van der Waals surface area contributed by atoms with E-state index in [9.17, 15) is 8.78 Å². The van der Waals surface area contributed by atoms with Crippen LogP contribution in [0.2, 0.25) is 0 Å². The van der Waals surface area contributed by atoms with Gasteiger partial charge in [-0.3, -0.25) is 0 Å². The van der Waals surface area contributed by atoms with Gasteiger partial charge in [0.1, 0.15) is 17.7 Å². The maximum atomic E-state index is 13.6. The van der Waals surface area contributed by atoms with Crippen LogP contribution in [0.5, 0.6) is 0 Å². The van der Waals surface area contributed by atoms with Gasteiger partial charge in [-0.05, 0) is 29.6 Å². The van der Waals surface area contributed by atoms with E-state index in [0.717, 1.165) is 18.2 Å². The molecule has 0 atom stereocenters. The monoisotopic (exact) mass is 281 g/mol. The summed E-state index contributed by atoms with van der Waals surface area (Å²) < 4.78 is 26.7. The van der Waals surface area contributed by atoms with Crippen LogP contribution in [0.1, 0.15) is 10.4 Å². The zero-order valence-corrected chi connectivity index (χ0v) is 10.5. The molecule has 0 fully saturated rings. The molecule has 0 aliphatic heterocycles. The maximum Gasteiger partial charge on any atom is 0.132 e. The van der Waals surface area contributed by atoms with Crippen molar-refractivity contribution in [2.24, 2.45) is 0 Å². The zero-order valence-electron chi connectivity index (χ0n) is 8.95. The van der Waals surface area contributed by atoms with Gasteiger partial charge in [0.25, 0.3) is 0 Å². The Kier molecular flexibility index (Phi) is 3.75. The van der Waals surface area contributed by atoms with Crippen LogP contribution in [-0.2, 0) is 0 Å². The summed E-state index contributed by atoms with van der Waals surface area (Å²) in [5.74, 6) is -1.27. The lowest BCUT2D eigenvalue weighted by Gasteiger charge is -2.04. The number of nitriles is 1. The first kappa shape index (κ1) is 12.7. The van der Waals surface area contributed by atoms with Crippen molar-refractivity contribution in [3.8, 4) is 6.07 Å². The summed E-state index contributed by atoms with van der Waals surface area (Å²) in [6.45, 7) is 0. The van der Waals surface area contributed by atoms with Crippen LogP contribution < -0.4 is 0 Å². The number of allylic oxidation sites excluding steroid dienone is 1. The fraction of sp³-hybridized carbons (Fsp3) is 0. The third-order valence-electron chi connectivity index (χ3n) is 2.26. The molecular weight excluding hydrogens is 276 g/mol. The number of thiophene rings is 1. The van der Waals surface area contributed by atoms with Crippen LogP contribution in [0.25, 0.3) is 10.6 Å². The van der Waals surface area contributed by atoms with Crippen LogP contribution >= 0.6 is 22.9 Å². The van der Waals surface area contributed by atoms with Crippen LogP contribution in [0.3, 0.4) is 0 Å². The Morgan fingerprint density at radius 3 is 2.67 bits per heavy atom. The number of hydrogen-bond acceptors (Lipinski definition) is 2. The standard InChI is InChI=1S/C13H6ClF2NS/c14-13(9-6-8(15)3-4-11(9)16)10(7-17)12-2-1-5-18-12/h1-6H. The highest BCUT2D eigenvalue weighted by Crippen LogP contribution is 2.33. The first-order valence-corrected chi connectivity index (χ1v) is 6.18. The molecule has 0 aliphatic rings. The maximum absolute atomic E-state index is 13.6. The van der Waals surface area contributed by atoms with Gasteiger partial charge in [-0.2, -0.15) is 5.26 Å². The summed E-state index contributed by atoms with van der Waals surface area (Å²) in [5, 5.41) is 10.8. The number of halogens is 3. The summed E-state index contributed by atoms with van der Waals surface area (Å²) in [7, 11) is 0. The van der Waals surface area contributed by atoms with Crippen molar-refractivity contribution in [1.82, 2.24) is 0 Å². The van der Waals surface area contributed by atoms with Gasteiger partial charge in [0.2, 0.25) is 0 Å². The average Bonchev–Trinajstić information content (AvgIpc) is 2.87. The highest BCUT2D eigenvalue weighted by Gasteiger charge is 2.14. The lowest BCUT2D eigenvalue weighted by Crippen LogP contribution is -1.90. The van der Waals surface area contributed by atoms with Gasteiger partial charge in [0.05, 0.1) is 10.6 Å². The van der Waals surface area contributed by atoms with Gasteiger partial charge in [0.15, 0.2) is 0 Å². The smallest absolute Gasteiger partial charge is 0.132 e. The molecule has 1 aromatic carbocycles. The van der Waals surface area contributed by atoms with Gasteiger partial charge in [-0.1, -0.05) is 17.7 Å². The molecule has 0 spiro atoms. The van der Waals surface area contributed by atoms with Gasteiger partial charge in [0, 0.05) is 10.4 Å². The number of nitrogens with zero attached hydrogens (tertiary/aromatic N) is 1. The minimum Gasteiger partial charge on any atom is -0.207 e. The molecule has 0 saturated carbocycles. The van der Waals surface area contributed by atoms with Crippen molar-refractivity contribution < 1.29 is 8.78 Å². The molecule has 1 heterocycles. The molecule has 5 heteroatoms. The van der Waals surface area contributed by atoms with E-state index in [4.69, 9.17) is 16.9 Å². The third kappa shape index (κ3) is 2.42. The lowest BCUT2D eigenvalue weighted by atomic mass is 10.1. The summed E-state index contributed by atoms with van der Waals surface area (Å²) in [6, 6.07) is 8.33. The molecule has 0 amide bonds. The van der Waals surface area contributed by atoms with Crippen molar-refractivity contribution in [3.05, 3.63) is 57.8 Å². The van der Waals surface area contributed by atoms with Gasteiger partial charge in [-0.15, -0.1) is 11.3 Å². The van der Waals surface area contributed by atoms with E-state index in [1.54, 1.807) is 17.5 Å². The number of hydrogen-bond donors (Lipinski definition) is 0. The molecule has 0 aliphatic carbocycles. The Balaban J connectivity index is 2.62. The molecule has 0 N–H and O–H groups in total. The highest BCUT2D eigenvalue weighted by atomic mass is 35.5. The molecule has 0 bridgehead atoms. The van der Waals surface area contributed by atoms with E-state index in [1.807, 2.05) is 6.07 Å². The molecule has 90 valence electrons. The molecule has 2 rings (SSSR count). The first-order chi connectivity index (χ1) is 8.63. The van der Waals surface area contributed by atoms with Crippen LogP contribution in [-0.4, -0.2) is 0 Å². The predicted octanol–water partition coefficient (Wildman–Crippen LogP) is 4.66. The summed E-state index contributed by atoms with van der Waals surface area (Å²) in [5.41, 5.74) is 0.0257. The van der Waals surface area contributed by atoms with Crippen molar-refractivity contribution in [1.29, 1.82) is 5.26 Å². The van der Waals surface area contributed by atoms with E-state index in [1.165, 1.54) is 11.3 Å². The van der Waals surface area contributed by atoms with E-state index < -0.39 is 11.6 Å². The lowest BCUT2D eigenvalue weighted by molar-refractivity contribution is 0.597. The molecule has 0 saturated heterocycles.